The van der Waals surface area contributed by atoms with Crippen LogP contribution in [0.1, 0.15) is 18.1 Å². The van der Waals surface area contributed by atoms with Gasteiger partial charge in [-0.2, -0.15) is 0 Å². The average Bonchev–Trinajstić information content (AvgIpc) is 2.71. The molecule has 2 heterocycles. The Morgan fingerprint density at radius 2 is 2.26 bits per heavy atom. The molecule has 2 N–H and O–H groups in total. The van der Waals surface area contributed by atoms with Crippen molar-refractivity contribution in [2.75, 3.05) is 26.0 Å². The van der Waals surface area contributed by atoms with Crippen molar-refractivity contribution in [1.82, 2.24) is 4.31 Å². The molecule has 11 heteroatoms. The fourth-order valence-corrected chi connectivity index (χ4v) is 4.60. The molecule has 31 heavy (non-hydrogen) atoms. The van der Waals surface area contributed by atoms with Crippen molar-refractivity contribution in [3.05, 3.63) is 41.0 Å². The number of aliphatic imine (C=N–C) groups is 3. The molecule has 0 spiro atoms. The summed E-state index contributed by atoms with van der Waals surface area (Å²) in [5.74, 6) is 0.202. The van der Waals surface area contributed by atoms with Gasteiger partial charge in [-0.05, 0) is 30.7 Å². The minimum atomic E-state index is -3.79. The van der Waals surface area contributed by atoms with Gasteiger partial charge in [-0.1, -0.05) is 12.0 Å². The van der Waals surface area contributed by atoms with Gasteiger partial charge in [0.1, 0.15) is 23.7 Å². The second kappa shape index (κ2) is 8.56. The Balaban J connectivity index is 1.90. The lowest BCUT2D eigenvalue weighted by Gasteiger charge is -2.34. The van der Waals surface area contributed by atoms with E-state index in [1.165, 1.54) is 32.3 Å². The summed E-state index contributed by atoms with van der Waals surface area (Å²) in [5.41, 5.74) is 4.54. The smallest absolute Gasteiger partial charge is 0.239 e. The van der Waals surface area contributed by atoms with Crippen LogP contribution in [0, 0.1) is 18.2 Å². The maximum absolute atomic E-state index is 14.7. The van der Waals surface area contributed by atoms with E-state index in [0.717, 1.165) is 16.4 Å². The highest BCUT2D eigenvalue weighted by molar-refractivity contribution is 7.89. The average molecular weight is 449 g/mol. The largest absolute Gasteiger partial charge is 0.369 e. The van der Waals surface area contributed by atoms with Crippen LogP contribution >= 0.6 is 0 Å². The lowest BCUT2D eigenvalue weighted by Crippen LogP contribution is -2.50. The summed E-state index contributed by atoms with van der Waals surface area (Å²) >= 11 is 0. The van der Waals surface area contributed by atoms with E-state index in [0.29, 0.717) is 5.56 Å². The van der Waals surface area contributed by atoms with Crippen LogP contribution in [0.3, 0.4) is 0 Å². The molecule has 0 aromatic heterocycles. The van der Waals surface area contributed by atoms with E-state index in [1.807, 2.05) is 0 Å². The second-order valence-electron chi connectivity index (χ2n) is 7.17. The predicted molar refractivity (Wildman–Crippen MR) is 115 cm³/mol. The molecule has 2 aliphatic heterocycles. The highest BCUT2D eigenvalue weighted by Gasteiger charge is 2.41. The van der Waals surface area contributed by atoms with Gasteiger partial charge >= 0.3 is 0 Å². The molecule has 0 aliphatic carbocycles. The first-order chi connectivity index (χ1) is 14.6. The molecule has 0 saturated carbocycles. The van der Waals surface area contributed by atoms with Gasteiger partial charge in [-0.15, -0.1) is 6.42 Å². The van der Waals surface area contributed by atoms with Crippen molar-refractivity contribution in [2.45, 2.75) is 18.7 Å². The highest BCUT2D eigenvalue weighted by atomic mass is 32.2. The lowest BCUT2D eigenvalue weighted by molar-refractivity contribution is 0.0916. The SMILES string of the molecule is C#CCOC1CN=C(/C(F)=C/c2ccc(F)c([C@]3(C)CS(=O)(=O)N(C)C(N)=N3)c2)C=N1. The standard InChI is InChI=1S/C20H21F2N5O3S/c1-4-7-30-18-11-24-17(10-25-18)16(22)9-13-5-6-15(21)14(8-13)20(2)12-31(28,29)27(3)19(23)26-20/h1,5-6,8-10,18H,7,11-12H2,2-3H3,(H2,23,26)/b16-9-/t18?,20-/m0/s1. The Kier molecular flexibility index (Phi) is 6.24. The third kappa shape index (κ3) is 4.81. The number of nitrogens with two attached hydrogens (primary N) is 1. The first kappa shape index (κ1) is 22.6. The quantitative estimate of drug-likeness (QED) is 0.686. The molecule has 2 atom stereocenters. The van der Waals surface area contributed by atoms with Gasteiger partial charge in [0.2, 0.25) is 16.0 Å². The molecule has 0 saturated heterocycles. The van der Waals surface area contributed by atoms with Crippen molar-refractivity contribution in [1.29, 1.82) is 0 Å². The molecule has 0 amide bonds. The number of halogens is 2. The molecule has 1 aromatic rings. The lowest BCUT2D eigenvalue weighted by atomic mass is 9.92. The van der Waals surface area contributed by atoms with Crippen molar-refractivity contribution in [3.63, 3.8) is 0 Å². The monoisotopic (exact) mass is 449 g/mol. The van der Waals surface area contributed by atoms with E-state index >= 15 is 0 Å². The summed E-state index contributed by atoms with van der Waals surface area (Å²) in [6.45, 7) is 1.64. The maximum atomic E-state index is 14.7. The van der Waals surface area contributed by atoms with Gasteiger partial charge in [0.25, 0.3) is 0 Å². The molecule has 1 unspecified atom stereocenters. The third-order valence-corrected chi connectivity index (χ3v) is 6.76. The number of terminal acetylenes is 1. The van der Waals surface area contributed by atoms with E-state index in [1.54, 1.807) is 0 Å². The van der Waals surface area contributed by atoms with Crippen LogP contribution in [-0.2, 0) is 20.3 Å². The van der Waals surface area contributed by atoms with Crippen LogP contribution in [0.5, 0.6) is 0 Å². The number of rotatable bonds is 5. The van der Waals surface area contributed by atoms with Gasteiger partial charge in [0.15, 0.2) is 12.1 Å². The molecule has 3 rings (SSSR count). The number of sulfonamides is 1. The molecular formula is C20H21F2N5O3S. The van der Waals surface area contributed by atoms with Gasteiger partial charge in [-0.25, -0.2) is 26.5 Å². The van der Waals surface area contributed by atoms with Crippen LogP contribution in [0.4, 0.5) is 8.78 Å². The van der Waals surface area contributed by atoms with Crippen LogP contribution in [0.15, 0.2) is 39.0 Å². The number of ether oxygens (including phenoxy) is 1. The van der Waals surface area contributed by atoms with Gasteiger partial charge in [0, 0.05) is 12.6 Å². The molecular weight excluding hydrogens is 428 g/mol. The predicted octanol–water partition coefficient (Wildman–Crippen LogP) is 1.44. The molecule has 2 aliphatic rings. The Labute approximate surface area is 179 Å². The Morgan fingerprint density at radius 1 is 1.52 bits per heavy atom. The highest BCUT2D eigenvalue weighted by Crippen LogP contribution is 2.34. The maximum Gasteiger partial charge on any atom is 0.239 e. The summed E-state index contributed by atoms with van der Waals surface area (Å²) in [7, 11) is -2.52. The second-order valence-corrected chi connectivity index (χ2v) is 9.17. The Morgan fingerprint density at radius 3 is 2.87 bits per heavy atom. The van der Waals surface area contributed by atoms with E-state index in [4.69, 9.17) is 16.9 Å². The summed E-state index contributed by atoms with van der Waals surface area (Å²) < 4.78 is 60.1. The molecule has 0 fully saturated rings. The van der Waals surface area contributed by atoms with E-state index in [-0.39, 0.29) is 30.4 Å². The normalized spacial score (nSPS) is 25.6. The Hall–Kier alpha value is -3.10. The van der Waals surface area contributed by atoms with Gasteiger partial charge in [-0.3, -0.25) is 9.98 Å². The number of hydrogen-bond acceptors (Lipinski definition) is 7. The zero-order valence-corrected chi connectivity index (χ0v) is 17.7. The number of guanidine groups is 1. The topological polar surface area (TPSA) is 110 Å². The molecule has 0 bridgehead atoms. The fourth-order valence-electron chi connectivity index (χ4n) is 3.15. The molecule has 1 aromatic carbocycles. The first-order valence-corrected chi connectivity index (χ1v) is 10.8. The zero-order chi connectivity index (χ0) is 22.8. The first-order valence-electron chi connectivity index (χ1n) is 9.18. The van der Waals surface area contributed by atoms with Crippen LogP contribution in [0.2, 0.25) is 0 Å². The summed E-state index contributed by atoms with van der Waals surface area (Å²) in [6.07, 6.45) is 6.93. The van der Waals surface area contributed by atoms with E-state index in [9.17, 15) is 17.2 Å². The number of nitrogens with zero attached hydrogens (tertiary/aromatic N) is 4. The summed E-state index contributed by atoms with van der Waals surface area (Å²) in [5, 5.41) is 0. The van der Waals surface area contributed by atoms with Crippen molar-refractivity contribution >= 4 is 34.0 Å². The molecule has 0 radical (unpaired) electrons. The Bertz CT molecular complexity index is 1150. The number of hydrogen-bond donors (Lipinski definition) is 1. The van der Waals surface area contributed by atoms with Crippen molar-refractivity contribution in [3.8, 4) is 12.3 Å². The third-order valence-electron chi connectivity index (χ3n) is 4.81. The van der Waals surface area contributed by atoms with Crippen molar-refractivity contribution in [2.24, 2.45) is 20.7 Å². The van der Waals surface area contributed by atoms with Crippen molar-refractivity contribution < 1.29 is 21.9 Å². The fraction of sp³-hybridized carbons (Fsp3) is 0.350. The van der Waals surface area contributed by atoms with Crippen LogP contribution in [0.25, 0.3) is 6.08 Å². The number of allylic oxidation sites excluding steroid dienone is 1. The minimum absolute atomic E-state index is 0.00165. The van der Waals surface area contributed by atoms with Gasteiger partial charge < -0.3 is 10.5 Å². The zero-order valence-electron chi connectivity index (χ0n) is 16.9. The van der Waals surface area contributed by atoms with E-state index < -0.39 is 39.2 Å². The van der Waals surface area contributed by atoms with E-state index in [2.05, 4.69) is 20.9 Å². The summed E-state index contributed by atoms with van der Waals surface area (Å²) in [6, 6.07) is 3.82. The molecule has 8 nitrogen and oxygen atoms in total. The van der Waals surface area contributed by atoms with Crippen LogP contribution < -0.4 is 5.73 Å². The van der Waals surface area contributed by atoms with Gasteiger partial charge in [0.05, 0.1) is 18.5 Å². The van der Waals surface area contributed by atoms with Crippen LogP contribution in [-0.4, -0.2) is 62.8 Å². The minimum Gasteiger partial charge on any atom is -0.369 e. The molecule has 164 valence electrons. The number of benzene rings is 1. The summed E-state index contributed by atoms with van der Waals surface area (Å²) in [4.78, 5) is 12.3.